The van der Waals surface area contributed by atoms with Crippen molar-refractivity contribution in [1.82, 2.24) is 19.9 Å². The molecule has 0 saturated carbocycles. The van der Waals surface area contributed by atoms with E-state index in [0.29, 0.717) is 28.7 Å². The first kappa shape index (κ1) is 29.9. The maximum Gasteiger partial charge on any atom is 0.182 e. The lowest BCUT2D eigenvalue weighted by Gasteiger charge is -2.09. The van der Waals surface area contributed by atoms with E-state index in [9.17, 15) is 5.26 Å². The quantitative estimate of drug-likeness (QED) is 0.177. The first-order valence-corrected chi connectivity index (χ1v) is 16.6. The van der Waals surface area contributed by atoms with Crippen molar-refractivity contribution in [1.29, 1.82) is 5.26 Å². The van der Waals surface area contributed by atoms with Gasteiger partial charge in [0, 0.05) is 39.2 Å². The average molecular weight is 654 g/mol. The number of rotatable bonds is 6. The van der Waals surface area contributed by atoms with Gasteiger partial charge in [-0.3, -0.25) is 4.98 Å². The minimum Gasteiger partial charge on any atom is -0.456 e. The molecule has 0 saturated heterocycles. The van der Waals surface area contributed by atoms with Crippen LogP contribution in [0.1, 0.15) is 5.56 Å². The highest BCUT2D eigenvalue weighted by Crippen LogP contribution is 2.39. The number of hydrogen-bond donors (Lipinski definition) is 0. The predicted molar refractivity (Wildman–Crippen MR) is 202 cm³/mol. The van der Waals surface area contributed by atoms with E-state index in [0.717, 1.165) is 60.9 Å². The third-order valence-electron chi connectivity index (χ3n) is 9.05. The standard InChI is InChI=1S/C45H27N5O/c46-27-34-15-7-8-18-36(34)35-22-24-39(47-28-35)45-49-43(30-13-5-2-6-14-30)48-44(50-45)33-21-23-38-41(26-33)51-40-20-10-19-37(42(38)40)32-17-9-16-31(25-32)29-11-3-1-4-12-29/h1-26,28H. The Labute approximate surface area is 294 Å². The van der Waals surface area contributed by atoms with Crippen molar-refractivity contribution >= 4 is 21.9 Å². The summed E-state index contributed by atoms with van der Waals surface area (Å²) in [5.41, 5.74) is 10.7. The Morgan fingerprint density at radius 2 is 1.10 bits per heavy atom. The van der Waals surface area contributed by atoms with Crippen molar-refractivity contribution in [3.8, 4) is 73.7 Å². The number of pyridine rings is 1. The lowest BCUT2D eigenvalue weighted by molar-refractivity contribution is 0.669. The molecule has 0 radical (unpaired) electrons. The molecule has 6 nitrogen and oxygen atoms in total. The van der Waals surface area contributed by atoms with Gasteiger partial charge < -0.3 is 4.42 Å². The summed E-state index contributed by atoms with van der Waals surface area (Å²) < 4.78 is 6.49. The van der Waals surface area contributed by atoms with Gasteiger partial charge in [0.2, 0.25) is 0 Å². The highest BCUT2D eigenvalue weighted by molar-refractivity contribution is 6.13. The molecule has 0 amide bonds. The van der Waals surface area contributed by atoms with E-state index < -0.39 is 0 Å². The lowest BCUT2D eigenvalue weighted by atomic mass is 9.96. The Hall–Kier alpha value is -7.23. The number of benzene rings is 6. The van der Waals surface area contributed by atoms with Crippen LogP contribution < -0.4 is 0 Å². The second-order valence-corrected chi connectivity index (χ2v) is 12.2. The number of hydrogen-bond acceptors (Lipinski definition) is 6. The summed E-state index contributed by atoms with van der Waals surface area (Å²) in [7, 11) is 0. The predicted octanol–water partition coefficient (Wildman–Crippen LogP) is 11.0. The molecule has 0 aliphatic carbocycles. The van der Waals surface area contributed by atoms with Crippen LogP contribution in [0.25, 0.3) is 89.6 Å². The molecule has 0 spiro atoms. The zero-order valence-electron chi connectivity index (χ0n) is 27.2. The smallest absolute Gasteiger partial charge is 0.182 e. The van der Waals surface area contributed by atoms with Gasteiger partial charge >= 0.3 is 0 Å². The van der Waals surface area contributed by atoms with Crippen molar-refractivity contribution in [3.05, 3.63) is 169 Å². The first-order chi connectivity index (χ1) is 25.2. The SMILES string of the molecule is N#Cc1ccccc1-c1ccc(-c2nc(-c3ccccc3)nc(-c3ccc4c(c3)oc3cccc(-c5cccc(-c6ccccc6)c5)c34)n2)nc1. The Balaban J connectivity index is 1.14. The van der Waals surface area contributed by atoms with Crippen molar-refractivity contribution in [2.75, 3.05) is 0 Å². The average Bonchev–Trinajstić information content (AvgIpc) is 3.60. The second kappa shape index (κ2) is 12.7. The zero-order valence-corrected chi connectivity index (χ0v) is 27.2. The van der Waals surface area contributed by atoms with Crippen molar-refractivity contribution < 1.29 is 4.42 Å². The van der Waals surface area contributed by atoms with Gasteiger partial charge in [-0.2, -0.15) is 5.26 Å². The molecule has 6 aromatic carbocycles. The molecule has 0 unspecified atom stereocenters. The molecule has 51 heavy (non-hydrogen) atoms. The van der Waals surface area contributed by atoms with Gasteiger partial charge in [0.05, 0.1) is 11.6 Å². The van der Waals surface area contributed by atoms with Crippen LogP contribution in [0.5, 0.6) is 0 Å². The topological polar surface area (TPSA) is 88.5 Å². The summed E-state index contributed by atoms with van der Waals surface area (Å²) in [6, 6.07) is 54.8. The normalized spacial score (nSPS) is 11.1. The van der Waals surface area contributed by atoms with Gasteiger partial charge in [0.1, 0.15) is 16.9 Å². The number of nitriles is 1. The van der Waals surface area contributed by atoms with Crippen molar-refractivity contribution in [2.45, 2.75) is 0 Å². The van der Waals surface area contributed by atoms with Crippen LogP contribution in [-0.2, 0) is 0 Å². The van der Waals surface area contributed by atoms with E-state index in [2.05, 4.69) is 66.7 Å². The van der Waals surface area contributed by atoms with E-state index in [4.69, 9.17) is 24.4 Å². The number of fused-ring (bicyclic) bond motifs is 3. The molecule has 9 aromatic rings. The fraction of sp³-hybridized carbons (Fsp3) is 0. The maximum absolute atomic E-state index is 9.61. The first-order valence-electron chi connectivity index (χ1n) is 16.6. The Bertz CT molecular complexity index is 2750. The van der Waals surface area contributed by atoms with E-state index >= 15 is 0 Å². The van der Waals surface area contributed by atoms with Gasteiger partial charge in [-0.15, -0.1) is 0 Å². The van der Waals surface area contributed by atoms with E-state index in [1.165, 1.54) is 5.56 Å². The Morgan fingerprint density at radius 3 is 1.88 bits per heavy atom. The molecular formula is C45H27N5O. The molecule has 0 aliphatic rings. The van der Waals surface area contributed by atoms with Crippen LogP contribution in [0.2, 0.25) is 0 Å². The Kier molecular flexibility index (Phi) is 7.42. The molecular weight excluding hydrogens is 627 g/mol. The largest absolute Gasteiger partial charge is 0.456 e. The number of furan rings is 1. The molecule has 3 heterocycles. The zero-order chi connectivity index (χ0) is 34.1. The van der Waals surface area contributed by atoms with E-state index in [1.54, 1.807) is 12.3 Å². The van der Waals surface area contributed by atoms with Gasteiger partial charge in [0.25, 0.3) is 0 Å². The van der Waals surface area contributed by atoms with E-state index in [-0.39, 0.29) is 0 Å². The van der Waals surface area contributed by atoms with Gasteiger partial charge in [-0.1, -0.05) is 121 Å². The third-order valence-corrected chi connectivity index (χ3v) is 9.05. The second-order valence-electron chi connectivity index (χ2n) is 12.2. The van der Waals surface area contributed by atoms with Crippen LogP contribution in [-0.4, -0.2) is 19.9 Å². The number of nitrogens with zero attached hydrogens (tertiary/aromatic N) is 5. The fourth-order valence-electron chi connectivity index (χ4n) is 6.56. The Morgan fingerprint density at radius 1 is 0.451 bits per heavy atom. The van der Waals surface area contributed by atoms with Gasteiger partial charge in [-0.25, -0.2) is 15.0 Å². The van der Waals surface area contributed by atoms with Crippen LogP contribution in [0.15, 0.2) is 168 Å². The molecule has 238 valence electrons. The summed E-state index contributed by atoms with van der Waals surface area (Å²) in [6.07, 6.45) is 1.75. The van der Waals surface area contributed by atoms with Crippen LogP contribution in [0, 0.1) is 11.3 Å². The van der Waals surface area contributed by atoms with Gasteiger partial charge in [-0.05, 0) is 58.7 Å². The summed E-state index contributed by atoms with van der Waals surface area (Å²) in [5.74, 6) is 1.50. The minimum atomic E-state index is 0.448. The molecule has 0 fully saturated rings. The monoisotopic (exact) mass is 653 g/mol. The molecule has 0 N–H and O–H groups in total. The summed E-state index contributed by atoms with van der Waals surface area (Å²) in [4.78, 5) is 19.4. The summed E-state index contributed by atoms with van der Waals surface area (Å²) in [5, 5.41) is 11.7. The van der Waals surface area contributed by atoms with Crippen molar-refractivity contribution in [3.63, 3.8) is 0 Å². The molecule has 0 atom stereocenters. The highest BCUT2D eigenvalue weighted by atomic mass is 16.3. The third kappa shape index (κ3) is 5.59. The molecule has 9 rings (SSSR count). The van der Waals surface area contributed by atoms with Crippen LogP contribution >= 0.6 is 0 Å². The van der Waals surface area contributed by atoms with E-state index in [1.807, 2.05) is 91.0 Å². The lowest BCUT2D eigenvalue weighted by Crippen LogP contribution is -2.01. The van der Waals surface area contributed by atoms with Gasteiger partial charge in [0.15, 0.2) is 17.5 Å². The highest BCUT2D eigenvalue weighted by Gasteiger charge is 2.17. The minimum absolute atomic E-state index is 0.448. The molecule has 3 aromatic heterocycles. The van der Waals surface area contributed by atoms with Crippen molar-refractivity contribution in [2.24, 2.45) is 0 Å². The number of aromatic nitrogens is 4. The molecule has 6 heteroatoms. The maximum atomic E-state index is 9.61. The summed E-state index contributed by atoms with van der Waals surface area (Å²) >= 11 is 0. The van der Waals surface area contributed by atoms with Crippen LogP contribution in [0.3, 0.4) is 0 Å². The van der Waals surface area contributed by atoms with Crippen LogP contribution in [0.4, 0.5) is 0 Å². The molecule has 0 aliphatic heterocycles. The summed E-state index contributed by atoms with van der Waals surface area (Å²) in [6.45, 7) is 0. The fourth-order valence-corrected chi connectivity index (χ4v) is 6.56. The molecule has 0 bridgehead atoms.